The summed E-state index contributed by atoms with van der Waals surface area (Å²) >= 11 is 1.39. The summed E-state index contributed by atoms with van der Waals surface area (Å²) in [5.41, 5.74) is 1.75. The van der Waals surface area contributed by atoms with Gasteiger partial charge >= 0.3 is 0 Å². The molecule has 0 fully saturated rings. The van der Waals surface area contributed by atoms with Crippen molar-refractivity contribution in [3.05, 3.63) is 64.7 Å². The van der Waals surface area contributed by atoms with E-state index in [1.165, 1.54) is 16.9 Å². The summed E-state index contributed by atoms with van der Waals surface area (Å²) in [5, 5.41) is 12.4. The quantitative estimate of drug-likeness (QED) is 0.741. The molecule has 7 heteroatoms. The molecule has 1 aliphatic rings. The van der Waals surface area contributed by atoms with Gasteiger partial charge in [-0.25, -0.2) is 0 Å². The van der Waals surface area contributed by atoms with Crippen LogP contribution in [0.2, 0.25) is 0 Å². The third kappa shape index (κ3) is 3.52. The topological polar surface area (TPSA) is 73.3 Å². The summed E-state index contributed by atoms with van der Waals surface area (Å²) < 4.78 is 10.6. The molecule has 1 amide bonds. The normalized spacial score (nSPS) is 13.4. The molecule has 1 N–H and O–H groups in total. The summed E-state index contributed by atoms with van der Waals surface area (Å²) in [7, 11) is 0. The van der Waals surface area contributed by atoms with Crippen LogP contribution in [0.25, 0.3) is 0 Å². The van der Waals surface area contributed by atoms with Crippen molar-refractivity contribution in [2.24, 2.45) is 0 Å². The van der Waals surface area contributed by atoms with Crippen LogP contribution >= 0.6 is 11.3 Å². The molecule has 26 heavy (non-hydrogen) atoms. The first-order valence-corrected chi connectivity index (χ1v) is 9.09. The smallest absolute Gasteiger partial charge is 0.257 e. The maximum absolute atomic E-state index is 12.4. The summed E-state index contributed by atoms with van der Waals surface area (Å²) in [6, 6.07) is 15.4. The summed E-state index contributed by atoms with van der Waals surface area (Å²) in [6.07, 6.45) is 0.779. The van der Waals surface area contributed by atoms with Crippen LogP contribution in [-0.4, -0.2) is 22.9 Å². The number of amides is 1. The number of rotatable bonds is 5. The lowest BCUT2D eigenvalue weighted by atomic mass is 9.98. The Kier molecular flexibility index (Phi) is 4.53. The number of ether oxygens (including phenoxy) is 2. The van der Waals surface area contributed by atoms with E-state index >= 15 is 0 Å². The molecule has 2 aromatic carbocycles. The maximum atomic E-state index is 12.4. The van der Waals surface area contributed by atoms with Gasteiger partial charge in [-0.15, -0.1) is 10.2 Å². The Morgan fingerprint density at radius 2 is 1.96 bits per heavy atom. The minimum Gasteiger partial charge on any atom is -0.454 e. The van der Waals surface area contributed by atoms with Crippen LogP contribution in [0, 0.1) is 0 Å². The highest BCUT2D eigenvalue weighted by molar-refractivity contribution is 7.15. The Morgan fingerprint density at radius 3 is 2.81 bits per heavy atom. The van der Waals surface area contributed by atoms with Gasteiger partial charge in [0.05, 0.1) is 0 Å². The highest BCUT2D eigenvalue weighted by atomic mass is 32.1. The van der Waals surface area contributed by atoms with Gasteiger partial charge in [0.1, 0.15) is 5.01 Å². The summed E-state index contributed by atoms with van der Waals surface area (Å²) in [6.45, 7) is 2.33. The van der Waals surface area contributed by atoms with Gasteiger partial charge < -0.3 is 9.47 Å². The van der Waals surface area contributed by atoms with Crippen LogP contribution in [0.3, 0.4) is 0 Å². The van der Waals surface area contributed by atoms with Gasteiger partial charge in [-0.3, -0.25) is 10.1 Å². The highest BCUT2D eigenvalue weighted by Gasteiger charge is 2.17. The second kappa shape index (κ2) is 7.13. The Morgan fingerprint density at radius 1 is 1.15 bits per heavy atom. The number of nitrogens with zero attached hydrogens (tertiary/aromatic N) is 2. The van der Waals surface area contributed by atoms with Gasteiger partial charge in [0.15, 0.2) is 11.5 Å². The number of carbonyl (C=O) groups is 1. The molecule has 0 radical (unpaired) electrons. The molecule has 132 valence electrons. The second-order valence-corrected chi connectivity index (χ2v) is 7.10. The zero-order valence-electron chi connectivity index (χ0n) is 14.1. The van der Waals surface area contributed by atoms with Crippen molar-refractivity contribution in [1.82, 2.24) is 10.2 Å². The average molecular weight is 367 g/mol. The van der Waals surface area contributed by atoms with Crippen molar-refractivity contribution < 1.29 is 14.3 Å². The van der Waals surface area contributed by atoms with E-state index in [2.05, 4.69) is 34.6 Å². The van der Waals surface area contributed by atoms with E-state index < -0.39 is 0 Å². The van der Waals surface area contributed by atoms with E-state index in [4.69, 9.17) is 9.47 Å². The Hall–Kier alpha value is -2.93. The predicted octanol–water partition coefficient (Wildman–Crippen LogP) is 3.87. The SMILES string of the molecule is C[C@H](Cc1nnc(NC(=O)c2ccc3c(c2)OCO3)s1)c1ccccc1. The number of fused-ring (bicyclic) bond motifs is 1. The fraction of sp³-hybridized carbons (Fsp3) is 0.211. The van der Waals surface area contributed by atoms with Gasteiger partial charge in [-0.1, -0.05) is 48.6 Å². The van der Waals surface area contributed by atoms with Crippen molar-refractivity contribution in [3.8, 4) is 11.5 Å². The molecule has 0 aliphatic carbocycles. The molecule has 0 saturated heterocycles. The molecule has 0 bridgehead atoms. The number of anilines is 1. The lowest BCUT2D eigenvalue weighted by Crippen LogP contribution is -2.11. The molecule has 1 aromatic heterocycles. The van der Waals surface area contributed by atoms with E-state index in [0.29, 0.717) is 28.1 Å². The van der Waals surface area contributed by atoms with Crippen molar-refractivity contribution in [2.75, 3.05) is 12.1 Å². The van der Waals surface area contributed by atoms with Gasteiger partial charge in [0, 0.05) is 12.0 Å². The number of hydrogen-bond acceptors (Lipinski definition) is 6. The average Bonchev–Trinajstić information content (AvgIpc) is 3.31. The van der Waals surface area contributed by atoms with Crippen molar-refractivity contribution in [1.29, 1.82) is 0 Å². The molecule has 2 heterocycles. The summed E-state index contributed by atoms with van der Waals surface area (Å²) in [4.78, 5) is 12.4. The first kappa shape index (κ1) is 16.5. The number of aromatic nitrogens is 2. The predicted molar refractivity (Wildman–Crippen MR) is 99.0 cm³/mol. The third-order valence-electron chi connectivity index (χ3n) is 4.17. The molecule has 1 atom stereocenters. The summed E-state index contributed by atoms with van der Waals surface area (Å²) in [5.74, 6) is 1.31. The molecule has 1 aliphatic heterocycles. The standard InChI is InChI=1S/C19H17N3O3S/c1-12(13-5-3-2-4-6-13)9-17-21-22-19(26-17)20-18(23)14-7-8-15-16(10-14)25-11-24-15/h2-8,10,12H,9,11H2,1H3,(H,20,22,23)/t12-/m1/s1. The minimum absolute atomic E-state index is 0.180. The van der Waals surface area contributed by atoms with Gasteiger partial charge in [-0.05, 0) is 29.7 Å². The largest absolute Gasteiger partial charge is 0.454 e. The second-order valence-electron chi connectivity index (χ2n) is 6.04. The van der Waals surface area contributed by atoms with Crippen molar-refractivity contribution in [2.45, 2.75) is 19.3 Å². The maximum Gasteiger partial charge on any atom is 0.257 e. The highest BCUT2D eigenvalue weighted by Crippen LogP contribution is 2.33. The van der Waals surface area contributed by atoms with E-state index in [9.17, 15) is 4.79 Å². The first-order valence-electron chi connectivity index (χ1n) is 8.27. The van der Waals surface area contributed by atoms with Gasteiger partial charge in [0.25, 0.3) is 5.91 Å². The van der Waals surface area contributed by atoms with E-state index in [0.717, 1.165) is 11.4 Å². The molecular formula is C19H17N3O3S. The monoisotopic (exact) mass is 367 g/mol. The molecule has 0 spiro atoms. The first-order chi connectivity index (χ1) is 12.7. The van der Waals surface area contributed by atoms with Crippen LogP contribution in [0.4, 0.5) is 5.13 Å². The molecular weight excluding hydrogens is 350 g/mol. The lowest BCUT2D eigenvalue weighted by molar-refractivity contribution is 0.102. The molecule has 0 unspecified atom stereocenters. The van der Waals surface area contributed by atoms with Crippen LogP contribution in [-0.2, 0) is 6.42 Å². The number of carbonyl (C=O) groups excluding carboxylic acids is 1. The van der Waals surface area contributed by atoms with Crippen LogP contribution in [0.1, 0.15) is 33.8 Å². The molecule has 4 rings (SSSR count). The van der Waals surface area contributed by atoms with E-state index in [-0.39, 0.29) is 12.7 Å². The van der Waals surface area contributed by atoms with Crippen LogP contribution < -0.4 is 14.8 Å². The van der Waals surface area contributed by atoms with Crippen LogP contribution in [0.15, 0.2) is 48.5 Å². The lowest BCUT2D eigenvalue weighted by Gasteiger charge is -2.08. The fourth-order valence-corrected chi connectivity index (χ4v) is 3.62. The fourth-order valence-electron chi connectivity index (χ4n) is 2.76. The van der Waals surface area contributed by atoms with Crippen molar-refractivity contribution >= 4 is 22.4 Å². The zero-order chi connectivity index (χ0) is 17.9. The zero-order valence-corrected chi connectivity index (χ0v) is 15.0. The van der Waals surface area contributed by atoms with E-state index in [1.54, 1.807) is 18.2 Å². The number of benzene rings is 2. The van der Waals surface area contributed by atoms with E-state index in [1.807, 2.05) is 18.2 Å². The molecule has 0 saturated carbocycles. The van der Waals surface area contributed by atoms with Gasteiger partial charge in [0.2, 0.25) is 11.9 Å². The van der Waals surface area contributed by atoms with Crippen LogP contribution in [0.5, 0.6) is 11.5 Å². The molecule has 6 nitrogen and oxygen atoms in total. The molecule has 3 aromatic rings. The van der Waals surface area contributed by atoms with Gasteiger partial charge in [-0.2, -0.15) is 0 Å². The minimum atomic E-state index is -0.248. The Balaban J connectivity index is 1.41. The Labute approximate surface area is 154 Å². The third-order valence-corrected chi connectivity index (χ3v) is 5.03. The number of hydrogen-bond donors (Lipinski definition) is 1. The van der Waals surface area contributed by atoms with Crippen molar-refractivity contribution in [3.63, 3.8) is 0 Å². The Bertz CT molecular complexity index is 927. The number of nitrogens with one attached hydrogen (secondary N) is 1.